The molecule has 1 aliphatic carbocycles. The number of amides is 1. The molecule has 0 unspecified atom stereocenters. The number of rotatable bonds is 4. The maximum Gasteiger partial charge on any atom is 0.224 e. The van der Waals surface area contributed by atoms with Gasteiger partial charge in [-0.05, 0) is 49.6 Å². The van der Waals surface area contributed by atoms with E-state index < -0.39 is 0 Å². The topological polar surface area (TPSA) is 72.2 Å². The number of nitrogens with two attached hydrogens (primary N) is 1. The van der Waals surface area contributed by atoms with E-state index in [0.29, 0.717) is 17.3 Å². The van der Waals surface area contributed by atoms with Gasteiger partial charge in [-0.15, -0.1) is 11.3 Å². The zero-order chi connectivity index (χ0) is 13.8. The van der Waals surface area contributed by atoms with Crippen molar-refractivity contribution in [2.75, 3.05) is 0 Å². The fraction of sp³-hybridized carbons (Fsp3) is 0.571. The van der Waals surface area contributed by atoms with Crippen molar-refractivity contribution in [3.8, 4) is 0 Å². The first-order chi connectivity index (χ1) is 9.04. The maximum absolute atomic E-state index is 11.9. The number of hydrogen-bond acceptors (Lipinski definition) is 4. The van der Waals surface area contributed by atoms with Crippen molar-refractivity contribution in [1.29, 1.82) is 0 Å². The first kappa shape index (κ1) is 14.2. The zero-order valence-electron chi connectivity index (χ0n) is 11.1. The Labute approximate surface area is 117 Å². The van der Waals surface area contributed by atoms with Crippen LogP contribution in [0.5, 0.6) is 0 Å². The fourth-order valence-electron chi connectivity index (χ4n) is 2.38. The fourth-order valence-corrected chi connectivity index (χ4v) is 3.20. The minimum absolute atomic E-state index is 0.0355. The molecular formula is C14H20N2O2S. The third kappa shape index (κ3) is 4.14. The van der Waals surface area contributed by atoms with E-state index in [0.717, 1.165) is 31.2 Å². The van der Waals surface area contributed by atoms with Crippen LogP contribution < -0.4 is 11.1 Å². The van der Waals surface area contributed by atoms with E-state index in [2.05, 4.69) is 5.32 Å². The van der Waals surface area contributed by atoms with Crippen LogP contribution in [0.1, 0.15) is 47.8 Å². The summed E-state index contributed by atoms with van der Waals surface area (Å²) in [6, 6.07) is 2.37. The second-order valence-electron chi connectivity index (χ2n) is 5.23. The maximum atomic E-state index is 11.9. The second-order valence-corrected chi connectivity index (χ2v) is 6.14. The number of Topliss-reactive ketones (excluding diaryl/α,β-unsaturated/α-hetero) is 1. The molecule has 0 bridgehead atoms. The Kier molecular flexibility index (Phi) is 4.71. The highest BCUT2D eigenvalue weighted by Crippen LogP contribution is 2.18. The lowest BCUT2D eigenvalue weighted by atomic mass is 9.92. The molecule has 0 saturated heterocycles. The Bertz CT molecular complexity index is 462. The second kappa shape index (κ2) is 6.30. The number of hydrogen-bond donors (Lipinski definition) is 2. The van der Waals surface area contributed by atoms with Gasteiger partial charge < -0.3 is 11.1 Å². The Morgan fingerprint density at radius 3 is 2.63 bits per heavy atom. The van der Waals surface area contributed by atoms with Crippen LogP contribution in [0.25, 0.3) is 0 Å². The Morgan fingerprint density at radius 2 is 2.05 bits per heavy atom. The summed E-state index contributed by atoms with van der Waals surface area (Å²) in [6.07, 6.45) is 4.26. The molecular weight excluding hydrogens is 260 g/mol. The Balaban J connectivity index is 1.82. The highest BCUT2D eigenvalue weighted by Gasteiger charge is 2.20. The molecule has 0 atom stereocenters. The molecule has 0 radical (unpaired) electrons. The zero-order valence-corrected chi connectivity index (χ0v) is 12.0. The van der Waals surface area contributed by atoms with Crippen LogP contribution in [0.4, 0.5) is 0 Å². The molecule has 1 amide bonds. The van der Waals surface area contributed by atoms with Crippen molar-refractivity contribution >= 4 is 23.0 Å². The van der Waals surface area contributed by atoms with E-state index in [4.69, 9.17) is 5.73 Å². The van der Waals surface area contributed by atoms with Gasteiger partial charge in [0.05, 0.1) is 11.3 Å². The van der Waals surface area contributed by atoms with Crippen LogP contribution in [0.2, 0.25) is 0 Å². The van der Waals surface area contributed by atoms with Crippen LogP contribution in [-0.2, 0) is 11.2 Å². The predicted molar refractivity (Wildman–Crippen MR) is 76.4 cm³/mol. The summed E-state index contributed by atoms with van der Waals surface area (Å²) in [5.41, 5.74) is 6.76. The van der Waals surface area contributed by atoms with Crippen molar-refractivity contribution in [2.45, 2.75) is 51.1 Å². The van der Waals surface area contributed by atoms with Crippen molar-refractivity contribution < 1.29 is 9.59 Å². The van der Waals surface area contributed by atoms with Crippen LogP contribution in [-0.4, -0.2) is 23.8 Å². The summed E-state index contributed by atoms with van der Waals surface area (Å²) in [5, 5.41) is 4.93. The highest BCUT2D eigenvalue weighted by atomic mass is 32.1. The van der Waals surface area contributed by atoms with Crippen molar-refractivity contribution in [3.63, 3.8) is 0 Å². The molecule has 1 heterocycles. The van der Waals surface area contributed by atoms with Gasteiger partial charge in [-0.1, -0.05) is 0 Å². The van der Waals surface area contributed by atoms with Gasteiger partial charge >= 0.3 is 0 Å². The Morgan fingerprint density at radius 1 is 1.37 bits per heavy atom. The molecule has 19 heavy (non-hydrogen) atoms. The largest absolute Gasteiger partial charge is 0.353 e. The average Bonchev–Trinajstić information content (AvgIpc) is 2.80. The molecule has 0 spiro atoms. The third-order valence-electron chi connectivity index (χ3n) is 3.50. The molecule has 0 aliphatic heterocycles. The third-order valence-corrected chi connectivity index (χ3v) is 4.58. The molecule has 1 aromatic heterocycles. The molecule has 1 aromatic rings. The van der Waals surface area contributed by atoms with Gasteiger partial charge in [0.15, 0.2) is 5.78 Å². The minimum Gasteiger partial charge on any atom is -0.353 e. The number of nitrogens with one attached hydrogen (secondary N) is 1. The summed E-state index contributed by atoms with van der Waals surface area (Å²) in [7, 11) is 0. The van der Waals surface area contributed by atoms with E-state index in [1.165, 1.54) is 11.3 Å². The molecule has 0 aromatic carbocycles. The van der Waals surface area contributed by atoms with Gasteiger partial charge in [0.1, 0.15) is 0 Å². The first-order valence-corrected chi connectivity index (χ1v) is 7.56. The summed E-state index contributed by atoms with van der Waals surface area (Å²) in [6.45, 7) is 1.54. The molecule has 5 heteroatoms. The van der Waals surface area contributed by atoms with Gasteiger partial charge in [-0.25, -0.2) is 0 Å². The molecule has 1 saturated carbocycles. The van der Waals surface area contributed by atoms with E-state index in [1.54, 1.807) is 6.92 Å². The van der Waals surface area contributed by atoms with E-state index >= 15 is 0 Å². The van der Waals surface area contributed by atoms with Crippen LogP contribution >= 0.6 is 11.3 Å². The summed E-state index contributed by atoms with van der Waals surface area (Å²) in [4.78, 5) is 23.8. The molecule has 3 N–H and O–H groups in total. The molecule has 1 aliphatic rings. The molecule has 1 fully saturated rings. The lowest BCUT2D eigenvalue weighted by Gasteiger charge is -2.26. The first-order valence-electron chi connectivity index (χ1n) is 6.68. The lowest BCUT2D eigenvalue weighted by molar-refractivity contribution is -0.121. The standard InChI is InChI=1S/C14H20N2O2S/c1-9(17)13-6-10(8-19-13)7-14(18)16-12-4-2-11(15)3-5-12/h6,8,11-12H,2-5,7,15H2,1H3,(H,16,18). The minimum atomic E-state index is 0.0355. The highest BCUT2D eigenvalue weighted by molar-refractivity contribution is 7.12. The van der Waals surface area contributed by atoms with Crippen molar-refractivity contribution in [1.82, 2.24) is 5.32 Å². The number of carbonyl (C=O) groups is 2. The van der Waals surface area contributed by atoms with Crippen molar-refractivity contribution in [3.05, 3.63) is 21.9 Å². The molecule has 2 rings (SSSR count). The van der Waals surface area contributed by atoms with E-state index in [9.17, 15) is 9.59 Å². The monoisotopic (exact) mass is 280 g/mol. The van der Waals surface area contributed by atoms with E-state index in [1.807, 2.05) is 11.4 Å². The van der Waals surface area contributed by atoms with Crippen LogP contribution in [0.15, 0.2) is 11.4 Å². The number of carbonyl (C=O) groups excluding carboxylic acids is 2. The number of thiophene rings is 1. The van der Waals surface area contributed by atoms with Gasteiger partial charge in [0, 0.05) is 12.1 Å². The SMILES string of the molecule is CC(=O)c1cc(CC(=O)NC2CCC(N)CC2)cs1. The summed E-state index contributed by atoms with van der Waals surface area (Å²) >= 11 is 1.40. The summed E-state index contributed by atoms with van der Waals surface area (Å²) < 4.78 is 0. The predicted octanol–water partition coefficient (Wildman–Crippen LogP) is 1.88. The van der Waals surface area contributed by atoms with Gasteiger partial charge in [-0.2, -0.15) is 0 Å². The summed E-state index contributed by atoms with van der Waals surface area (Å²) in [5.74, 6) is 0.0892. The average molecular weight is 280 g/mol. The smallest absolute Gasteiger partial charge is 0.224 e. The number of ketones is 1. The quantitative estimate of drug-likeness (QED) is 0.827. The molecule has 4 nitrogen and oxygen atoms in total. The molecule has 104 valence electrons. The Hall–Kier alpha value is -1.20. The van der Waals surface area contributed by atoms with Gasteiger partial charge in [-0.3, -0.25) is 9.59 Å². The van der Waals surface area contributed by atoms with Crippen LogP contribution in [0, 0.1) is 0 Å². The normalized spacial score (nSPS) is 23.1. The lowest BCUT2D eigenvalue weighted by Crippen LogP contribution is -2.41. The van der Waals surface area contributed by atoms with Gasteiger partial charge in [0.25, 0.3) is 0 Å². The van der Waals surface area contributed by atoms with E-state index in [-0.39, 0.29) is 17.7 Å². The van der Waals surface area contributed by atoms with Gasteiger partial charge in [0.2, 0.25) is 5.91 Å². The van der Waals surface area contributed by atoms with Crippen molar-refractivity contribution in [2.24, 2.45) is 5.73 Å². The van der Waals surface area contributed by atoms with Crippen LogP contribution in [0.3, 0.4) is 0 Å².